The summed E-state index contributed by atoms with van der Waals surface area (Å²) in [5.41, 5.74) is 2.14. The van der Waals surface area contributed by atoms with Crippen molar-refractivity contribution in [3.63, 3.8) is 0 Å². The van der Waals surface area contributed by atoms with Crippen LogP contribution in [-0.2, 0) is 13.1 Å². The van der Waals surface area contributed by atoms with Crippen LogP contribution < -0.4 is 19.6 Å². The third-order valence-corrected chi connectivity index (χ3v) is 5.80. The second-order valence-corrected chi connectivity index (χ2v) is 7.67. The molecule has 4 atom stereocenters. The zero-order valence-corrected chi connectivity index (χ0v) is 17.0. The molecular formula is C12H24N2O4P4. The van der Waals surface area contributed by atoms with Crippen molar-refractivity contribution in [1.29, 1.82) is 0 Å². The molecular weight excluding hydrogens is 360 g/mol. The Morgan fingerprint density at radius 3 is 1.36 bits per heavy atom. The molecule has 22 heavy (non-hydrogen) atoms. The van der Waals surface area contributed by atoms with Gasteiger partial charge in [-0.1, -0.05) is 59.5 Å². The van der Waals surface area contributed by atoms with Crippen LogP contribution in [0.4, 0.5) is 0 Å². The van der Waals surface area contributed by atoms with Crippen LogP contribution in [0.3, 0.4) is 0 Å². The first kappa shape index (κ1) is 20.7. The highest BCUT2D eigenvalue weighted by atomic mass is 31.1. The molecule has 0 saturated heterocycles. The fourth-order valence-corrected chi connectivity index (χ4v) is 4.72. The van der Waals surface area contributed by atoms with Gasteiger partial charge in [0.15, 0.2) is 0 Å². The van der Waals surface area contributed by atoms with E-state index in [4.69, 9.17) is 0 Å². The molecule has 1 rings (SSSR count). The van der Waals surface area contributed by atoms with Crippen LogP contribution >= 0.6 is 35.2 Å². The molecule has 0 saturated carbocycles. The number of rotatable bonds is 12. The highest BCUT2D eigenvalue weighted by Gasteiger charge is 2.10. The van der Waals surface area contributed by atoms with E-state index < -0.39 is 35.2 Å². The van der Waals surface area contributed by atoms with Crippen molar-refractivity contribution >= 4 is 35.2 Å². The predicted octanol–water partition coefficient (Wildman–Crippen LogP) is -2.13. The fourth-order valence-electron chi connectivity index (χ4n) is 2.17. The van der Waals surface area contributed by atoms with Gasteiger partial charge in [-0.3, -0.25) is 0 Å². The molecule has 0 fully saturated rings. The van der Waals surface area contributed by atoms with E-state index in [1.165, 1.54) is 0 Å². The second kappa shape index (κ2) is 13.0. The Bertz CT molecular complexity index is 371. The van der Waals surface area contributed by atoms with Crippen LogP contribution in [0.2, 0.25) is 0 Å². The van der Waals surface area contributed by atoms with Gasteiger partial charge in [0.25, 0.3) is 0 Å². The van der Waals surface area contributed by atoms with Crippen molar-refractivity contribution in [3.05, 3.63) is 35.4 Å². The number of hydrogen-bond acceptors (Lipinski definition) is 6. The Hall–Kier alpha value is 0.700. The van der Waals surface area contributed by atoms with E-state index >= 15 is 0 Å². The summed E-state index contributed by atoms with van der Waals surface area (Å²) in [5, 5.41) is 0. The quantitative estimate of drug-likeness (QED) is 0.382. The van der Waals surface area contributed by atoms with E-state index in [0.29, 0.717) is 38.2 Å². The minimum atomic E-state index is -0.881. The van der Waals surface area contributed by atoms with Crippen molar-refractivity contribution in [2.24, 2.45) is 0 Å². The summed E-state index contributed by atoms with van der Waals surface area (Å²) in [6, 6.07) is 7.96. The zero-order valence-electron chi connectivity index (χ0n) is 12.4. The van der Waals surface area contributed by atoms with Crippen LogP contribution in [0, 0.1) is 0 Å². The fraction of sp³-hybridized carbons (Fsp3) is 0.500. The summed E-state index contributed by atoms with van der Waals surface area (Å²) in [4.78, 5) is 47.3. The van der Waals surface area contributed by atoms with Crippen molar-refractivity contribution in [2.75, 3.05) is 25.1 Å². The highest BCUT2D eigenvalue weighted by molar-refractivity contribution is 7.30. The van der Waals surface area contributed by atoms with Crippen LogP contribution in [0.25, 0.3) is 0 Å². The first-order valence-electron chi connectivity index (χ1n) is 7.00. The van der Waals surface area contributed by atoms with Gasteiger partial charge in [-0.15, -0.1) is 0 Å². The maximum absolute atomic E-state index is 10.8. The summed E-state index contributed by atoms with van der Waals surface area (Å²) >= 11 is 0. The van der Waals surface area contributed by atoms with E-state index in [1.807, 2.05) is 34.1 Å². The molecule has 0 spiro atoms. The lowest BCUT2D eigenvalue weighted by Gasteiger charge is -2.20. The van der Waals surface area contributed by atoms with Crippen LogP contribution in [0.1, 0.15) is 11.1 Å². The van der Waals surface area contributed by atoms with Crippen LogP contribution in [0.5, 0.6) is 0 Å². The molecule has 0 aliphatic heterocycles. The van der Waals surface area contributed by atoms with Gasteiger partial charge in [-0.05, 0) is 11.1 Å². The van der Waals surface area contributed by atoms with Crippen molar-refractivity contribution in [1.82, 2.24) is 9.80 Å². The normalized spacial score (nSPS) is 13.7. The summed E-state index contributed by atoms with van der Waals surface area (Å²) in [5.74, 6) is 0. The molecule has 0 amide bonds. The lowest BCUT2D eigenvalue weighted by molar-refractivity contribution is -0.155. The van der Waals surface area contributed by atoms with E-state index in [9.17, 15) is 19.6 Å². The van der Waals surface area contributed by atoms with Gasteiger partial charge < -0.3 is 19.6 Å². The molecule has 0 aliphatic rings. The standard InChI is InChI=1S/C12H24N2O4P4/c15-19-7-13(8-20-16)5-11-2-1-3-12(4-11)6-14(9-21-17)10-22-18/h1-4H,5-10,19-22H2. The average Bonchev–Trinajstić information content (AvgIpc) is 2.49. The Balaban J connectivity index is 2.67. The summed E-state index contributed by atoms with van der Waals surface area (Å²) in [6.45, 7) is 1.25. The van der Waals surface area contributed by atoms with E-state index in [0.717, 1.165) is 11.1 Å². The molecule has 0 radical (unpaired) electrons. The molecule has 0 N–H and O–H groups in total. The van der Waals surface area contributed by atoms with Gasteiger partial charge in [-0.2, -0.15) is 0 Å². The Morgan fingerprint density at radius 1 is 0.682 bits per heavy atom. The third-order valence-electron chi connectivity index (χ3n) is 3.13. The molecule has 126 valence electrons. The number of benzene rings is 1. The van der Waals surface area contributed by atoms with Gasteiger partial charge >= 0.3 is 0 Å². The SMILES string of the molecule is [O-][PH2+]CN(C[PH2+][O-])Cc1cccc(CN(C[PH2+][O-])C[PH2+][O-])c1. The van der Waals surface area contributed by atoms with Crippen LogP contribution in [-0.4, -0.2) is 34.9 Å². The second-order valence-electron chi connectivity index (χ2n) is 4.87. The largest absolute Gasteiger partial charge is 0.682 e. The Labute approximate surface area is 138 Å². The van der Waals surface area contributed by atoms with Gasteiger partial charge in [0.2, 0.25) is 0 Å². The molecule has 1 aromatic rings. The van der Waals surface area contributed by atoms with Gasteiger partial charge in [0.1, 0.15) is 25.1 Å². The molecule has 6 nitrogen and oxygen atoms in total. The maximum atomic E-state index is 10.8. The molecule has 1 aromatic carbocycles. The monoisotopic (exact) mass is 384 g/mol. The van der Waals surface area contributed by atoms with E-state index in [1.54, 1.807) is 0 Å². The highest BCUT2D eigenvalue weighted by Crippen LogP contribution is 2.17. The molecule has 0 bridgehead atoms. The number of nitrogens with zero attached hydrogens (tertiary/aromatic N) is 2. The average molecular weight is 384 g/mol. The Kier molecular flexibility index (Phi) is 12.3. The minimum absolute atomic E-state index is 0.477. The van der Waals surface area contributed by atoms with Gasteiger partial charge in [0.05, 0.1) is 0 Å². The van der Waals surface area contributed by atoms with Gasteiger partial charge in [-0.25, -0.2) is 9.80 Å². The first-order chi connectivity index (χ1) is 10.7. The third kappa shape index (κ3) is 8.52. The minimum Gasteiger partial charge on any atom is -0.682 e. The summed E-state index contributed by atoms with van der Waals surface area (Å²) < 4.78 is 0. The molecule has 0 aliphatic carbocycles. The van der Waals surface area contributed by atoms with Gasteiger partial charge in [0, 0.05) is 13.1 Å². The zero-order chi connectivity index (χ0) is 16.2. The lowest BCUT2D eigenvalue weighted by Crippen LogP contribution is -2.24. The van der Waals surface area contributed by atoms with E-state index in [2.05, 4.69) is 0 Å². The topological polar surface area (TPSA) is 98.7 Å². The van der Waals surface area contributed by atoms with Crippen molar-refractivity contribution in [3.8, 4) is 0 Å². The van der Waals surface area contributed by atoms with Crippen molar-refractivity contribution in [2.45, 2.75) is 13.1 Å². The smallest absolute Gasteiger partial charge is 0.104 e. The first-order valence-corrected chi connectivity index (χ1v) is 12.2. The lowest BCUT2D eigenvalue weighted by atomic mass is 10.1. The molecule has 4 unspecified atom stereocenters. The molecule has 0 aromatic heterocycles. The van der Waals surface area contributed by atoms with Crippen LogP contribution in [0.15, 0.2) is 24.3 Å². The van der Waals surface area contributed by atoms with E-state index in [-0.39, 0.29) is 0 Å². The summed E-state index contributed by atoms with van der Waals surface area (Å²) in [6.07, 6.45) is 1.91. The molecule has 0 heterocycles. The Morgan fingerprint density at radius 2 is 1.05 bits per heavy atom. The molecule has 10 heteroatoms. The number of hydrogen-bond donors (Lipinski definition) is 0. The predicted molar refractivity (Wildman–Crippen MR) is 95.8 cm³/mol. The van der Waals surface area contributed by atoms with Crippen molar-refractivity contribution < 1.29 is 19.6 Å². The summed E-state index contributed by atoms with van der Waals surface area (Å²) in [7, 11) is -3.52. The maximum Gasteiger partial charge on any atom is 0.104 e.